The van der Waals surface area contributed by atoms with Gasteiger partial charge in [-0.15, -0.1) is 10.2 Å². The Bertz CT molecular complexity index is 812. The zero-order chi connectivity index (χ0) is 20.2. The molecule has 4 aliphatic carbocycles. The fourth-order valence-corrected chi connectivity index (χ4v) is 7.52. The van der Waals surface area contributed by atoms with Gasteiger partial charge in [-0.1, -0.05) is 18.6 Å². The highest BCUT2D eigenvalue weighted by atomic mass is 19.1. The summed E-state index contributed by atoms with van der Waals surface area (Å²) in [5, 5.41) is 22.0. The van der Waals surface area contributed by atoms with Gasteiger partial charge in [0.05, 0.1) is 5.60 Å². The number of alkyl halides is 1. The lowest BCUT2D eigenvalue weighted by molar-refractivity contribution is -0.130. The highest BCUT2D eigenvalue weighted by Gasteiger charge is 2.57. The first-order chi connectivity index (χ1) is 13.9. The van der Waals surface area contributed by atoms with Gasteiger partial charge in [-0.25, -0.2) is 4.39 Å². The van der Waals surface area contributed by atoms with E-state index in [4.69, 9.17) is 0 Å². The van der Waals surface area contributed by atoms with Gasteiger partial charge in [0.2, 0.25) is 0 Å². The van der Waals surface area contributed by atoms with Crippen LogP contribution < -0.4 is 0 Å². The first kappa shape index (κ1) is 19.3. The van der Waals surface area contributed by atoms with Crippen LogP contribution in [0, 0.1) is 35.0 Å². The van der Waals surface area contributed by atoms with E-state index in [1.165, 1.54) is 16.7 Å². The summed E-state index contributed by atoms with van der Waals surface area (Å²) in [6.45, 7) is 1.91. The third-order valence-corrected chi connectivity index (χ3v) is 8.92. The van der Waals surface area contributed by atoms with E-state index in [0.717, 1.165) is 38.5 Å². The van der Waals surface area contributed by atoms with Crippen molar-refractivity contribution in [1.82, 2.24) is 20.2 Å². The van der Waals surface area contributed by atoms with Gasteiger partial charge in [-0.2, -0.15) is 4.80 Å². The average molecular weight is 403 g/mol. The molecule has 29 heavy (non-hydrogen) atoms. The van der Waals surface area contributed by atoms with Crippen molar-refractivity contribution in [3.05, 3.63) is 18.0 Å². The van der Waals surface area contributed by atoms with E-state index in [-0.39, 0.29) is 23.7 Å². The summed E-state index contributed by atoms with van der Waals surface area (Å²) in [6, 6.07) is 0. The number of nitrogens with zero attached hydrogens (tertiary/aromatic N) is 4. The second-order valence-corrected chi connectivity index (χ2v) is 10.2. The summed E-state index contributed by atoms with van der Waals surface area (Å²) in [6.07, 6.45) is 11.0. The van der Waals surface area contributed by atoms with Gasteiger partial charge in [-0.3, -0.25) is 4.79 Å². The third kappa shape index (κ3) is 3.07. The summed E-state index contributed by atoms with van der Waals surface area (Å²) in [5.74, 6) is 2.62. The normalized spacial score (nSPS) is 43.8. The molecule has 7 atom stereocenters. The smallest absolute Gasteiger partial charge is 0.162 e. The van der Waals surface area contributed by atoms with Crippen molar-refractivity contribution in [2.24, 2.45) is 35.0 Å². The minimum atomic E-state index is -1.14. The minimum Gasteiger partial charge on any atom is -0.387 e. The van der Waals surface area contributed by atoms with Gasteiger partial charge in [0.25, 0.3) is 0 Å². The van der Waals surface area contributed by atoms with Crippen molar-refractivity contribution in [3.63, 3.8) is 0 Å². The number of hydrogen-bond donors (Lipinski definition) is 1. The zero-order valence-corrected chi connectivity index (χ0v) is 17.1. The molecule has 0 spiro atoms. The van der Waals surface area contributed by atoms with Gasteiger partial charge in [0.15, 0.2) is 12.1 Å². The highest BCUT2D eigenvalue weighted by Crippen LogP contribution is 2.63. The molecule has 158 valence electrons. The second-order valence-electron chi connectivity index (χ2n) is 10.2. The molecule has 0 saturated heterocycles. The molecule has 0 radical (unpaired) electrons. The van der Waals surface area contributed by atoms with Crippen LogP contribution in [0.25, 0.3) is 0 Å². The highest BCUT2D eigenvalue weighted by molar-refractivity contribution is 5.81. The van der Waals surface area contributed by atoms with Gasteiger partial charge in [0, 0.05) is 5.92 Å². The fourth-order valence-electron chi connectivity index (χ4n) is 7.52. The Balaban J connectivity index is 1.34. The van der Waals surface area contributed by atoms with Crippen molar-refractivity contribution in [3.8, 4) is 0 Å². The molecular formula is C22H31FN4O2. The van der Waals surface area contributed by atoms with Crippen LogP contribution in [-0.4, -0.2) is 43.4 Å². The van der Waals surface area contributed by atoms with Gasteiger partial charge in [0.1, 0.15) is 13.2 Å². The number of allylic oxidation sites excluding steroid dienone is 1. The standard InChI is InChI=1S/C22H31FN4O2/c1-21-8-6-16-15-7-9-22(29,12-23)10-14(15)2-3-17(16)18(21)4-5-19(21)20(28)11-27-25-13-24-26-27/h2,13,15-19,29H,3-12H2,1H3/t15-,16+,17+,18-,19+,21-,22-/m0/s1. The molecule has 7 heteroatoms. The largest absolute Gasteiger partial charge is 0.387 e. The summed E-state index contributed by atoms with van der Waals surface area (Å²) in [4.78, 5) is 14.5. The van der Waals surface area contributed by atoms with E-state index in [1.807, 2.05) is 0 Å². The number of rotatable bonds is 4. The summed E-state index contributed by atoms with van der Waals surface area (Å²) < 4.78 is 13.3. The van der Waals surface area contributed by atoms with Crippen LogP contribution in [0.15, 0.2) is 18.0 Å². The number of tetrazole rings is 1. The van der Waals surface area contributed by atoms with Crippen molar-refractivity contribution in [1.29, 1.82) is 0 Å². The predicted octanol–water partition coefficient (Wildman–Crippen LogP) is 3.13. The number of hydrogen-bond acceptors (Lipinski definition) is 5. The quantitative estimate of drug-likeness (QED) is 0.783. The minimum absolute atomic E-state index is 0.0541. The Kier molecular flexibility index (Phi) is 4.64. The lowest BCUT2D eigenvalue weighted by atomic mass is 9.51. The van der Waals surface area contributed by atoms with E-state index in [9.17, 15) is 14.3 Å². The van der Waals surface area contributed by atoms with Crippen LogP contribution >= 0.6 is 0 Å². The predicted molar refractivity (Wildman–Crippen MR) is 104 cm³/mol. The van der Waals surface area contributed by atoms with E-state index >= 15 is 0 Å². The first-order valence-corrected chi connectivity index (χ1v) is 11.1. The van der Waals surface area contributed by atoms with Gasteiger partial charge in [-0.05, 0) is 85.7 Å². The molecule has 0 amide bonds. The zero-order valence-electron chi connectivity index (χ0n) is 17.1. The van der Waals surface area contributed by atoms with E-state index < -0.39 is 12.3 Å². The van der Waals surface area contributed by atoms with Crippen LogP contribution in [-0.2, 0) is 11.3 Å². The van der Waals surface area contributed by atoms with Gasteiger partial charge < -0.3 is 5.11 Å². The molecule has 1 aromatic heterocycles. The number of ketones is 1. The molecule has 5 rings (SSSR count). The monoisotopic (exact) mass is 402 g/mol. The van der Waals surface area contributed by atoms with Crippen molar-refractivity contribution in [2.45, 2.75) is 70.4 Å². The van der Waals surface area contributed by atoms with Crippen LogP contribution in [0.3, 0.4) is 0 Å². The lowest BCUT2D eigenvalue weighted by Gasteiger charge is -2.54. The van der Waals surface area contributed by atoms with Crippen molar-refractivity contribution in [2.75, 3.05) is 6.67 Å². The Morgan fingerprint density at radius 1 is 1.28 bits per heavy atom. The number of aromatic nitrogens is 4. The summed E-state index contributed by atoms with van der Waals surface area (Å²) in [5.41, 5.74) is 0.209. The summed E-state index contributed by atoms with van der Waals surface area (Å²) >= 11 is 0. The van der Waals surface area contributed by atoms with Gasteiger partial charge >= 0.3 is 0 Å². The molecule has 6 nitrogen and oxygen atoms in total. The second kappa shape index (κ2) is 6.96. The Morgan fingerprint density at radius 2 is 2.14 bits per heavy atom. The van der Waals surface area contributed by atoms with Crippen LogP contribution in [0.5, 0.6) is 0 Å². The number of carbonyl (C=O) groups excluding carboxylic acids is 1. The molecule has 4 aliphatic rings. The molecule has 0 aliphatic heterocycles. The molecule has 0 bridgehead atoms. The Morgan fingerprint density at radius 3 is 2.90 bits per heavy atom. The lowest BCUT2D eigenvalue weighted by Crippen LogP contribution is -2.49. The molecule has 3 saturated carbocycles. The van der Waals surface area contributed by atoms with Crippen molar-refractivity contribution < 1.29 is 14.3 Å². The maximum atomic E-state index is 13.3. The molecule has 0 aromatic carbocycles. The van der Waals surface area contributed by atoms with Crippen LogP contribution in [0.4, 0.5) is 4.39 Å². The molecule has 1 heterocycles. The number of aliphatic hydroxyl groups is 1. The average Bonchev–Trinajstić information content (AvgIpc) is 3.34. The Hall–Kier alpha value is -1.63. The number of halogens is 1. The summed E-state index contributed by atoms with van der Waals surface area (Å²) in [7, 11) is 0. The van der Waals surface area contributed by atoms with E-state index in [2.05, 4.69) is 28.4 Å². The van der Waals surface area contributed by atoms with Crippen molar-refractivity contribution >= 4 is 5.78 Å². The Labute approximate surface area is 170 Å². The molecule has 1 aromatic rings. The third-order valence-electron chi connectivity index (χ3n) is 8.92. The number of fused-ring (bicyclic) bond motifs is 5. The topological polar surface area (TPSA) is 80.9 Å². The number of carbonyl (C=O) groups is 1. The maximum absolute atomic E-state index is 13.3. The van der Waals surface area contributed by atoms with E-state index in [0.29, 0.717) is 36.5 Å². The molecule has 0 unspecified atom stereocenters. The molecule has 3 fully saturated rings. The first-order valence-electron chi connectivity index (χ1n) is 11.1. The van der Waals surface area contributed by atoms with Crippen LogP contribution in [0.2, 0.25) is 0 Å². The SMILES string of the molecule is C[C@]12CC[C@H]3[C@@H](CC=C4C[C@](O)(CF)CC[C@@H]43)[C@@H]1CC[C@@H]2C(=O)Cn1ncnn1. The van der Waals surface area contributed by atoms with E-state index in [1.54, 1.807) is 0 Å². The maximum Gasteiger partial charge on any atom is 0.162 e. The fraction of sp³-hybridized carbons (Fsp3) is 0.818. The number of Topliss-reactive ketones (excluding diaryl/α,β-unsaturated/α-hetero) is 1. The molecular weight excluding hydrogens is 371 g/mol. The molecule has 1 N–H and O–H groups in total. The van der Waals surface area contributed by atoms with Crippen LogP contribution in [0.1, 0.15) is 58.3 Å².